The zero-order valence-electron chi connectivity index (χ0n) is 17.9. The average Bonchev–Trinajstić information content (AvgIpc) is 3.20. The summed E-state index contributed by atoms with van der Waals surface area (Å²) in [5, 5.41) is 11.6. The molecule has 1 unspecified atom stereocenters. The van der Waals surface area contributed by atoms with Crippen LogP contribution in [-0.4, -0.2) is 52.7 Å². The Morgan fingerprint density at radius 2 is 2.06 bits per heavy atom. The molecule has 174 valence electrons. The summed E-state index contributed by atoms with van der Waals surface area (Å²) in [5.74, 6) is 0. The van der Waals surface area contributed by atoms with Gasteiger partial charge in [0.25, 0.3) is 0 Å². The van der Waals surface area contributed by atoms with Crippen LogP contribution >= 0.6 is 15.9 Å². The molecule has 3 aromatic rings. The minimum absolute atomic E-state index is 0.178. The number of sulfonamides is 1. The highest BCUT2D eigenvalue weighted by molar-refractivity contribution is 9.10. The largest absolute Gasteiger partial charge is 0.465 e. The highest BCUT2D eigenvalue weighted by Gasteiger charge is 2.34. The number of hydrogen-bond acceptors (Lipinski definition) is 5. The first-order chi connectivity index (χ1) is 15.7. The Bertz CT molecular complexity index is 1240. The van der Waals surface area contributed by atoms with Crippen molar-refractivity contribution in [2.75, 3.05) is 23.0 Å². The second-order valence-electron chi connectivity index (χ2n) is 8.00. The summed E-state index contributed by atoms with van der Waals surface area (Å²) in [5.41, 5.74) is 3.84. The van der Waals surface area contributed by atoms with Gasteiger partial charge in [0.15, 0.2) is 0 Å². The Morgan fingerprint density at radius 3 is 2.70 bits per heavy atom. The number of benzene rings is 2. The van der Waals surface area contributed by atoms with Crippen molar-refractivity contribution < 1.29 is 18.3 Å². The third-order valence-electron chi connectivity index (χ3n) is 5.57. The van der Waals surface area contributed by atoms with Gasteiger partial charge in [-0.05, 0) is 45.6 Å². The number of imidazole rings is 1. The van der Waals surface area contributed by atoms with E-state index in [0.717, 1.165) is 22.5 Å². The van der Waals surface area contributed by atoms with Crippen LogP contribution in [0.2, 0.25) is 0 Å². The summed E-state index contributed by atoms with van der Waals surface area (Å²) in [6, 6.07) is 13.0. The fourth-order valence-electron chi connectivity index (χ4n) is 4.14. The van der Waals surface area contributed by atoms with Gasteiger partial charge >= 0.3 is 6.09 Å². The number of nitrogens with zero attached hydrogens (tertiary/aromatic N) is 3. The number of amides is 1. The van der Waals surface area contributed by atoms with Crippen molar-refractivity contribution in [2.24, 2.45) is 0 Å². The van der Waals surface area contributed by atoms with Crippen LogP contribution in [0.1, 0.15) is 16.8 Å². The molecule has 0 saturated heterocycles. The van der Waals surface area contributed by atoms with Crippen LogP contribution < -0.4 is 10.2 Å². The van der Waals surface area contributed by atoms with Gasteiger partial charge in [0, 0.05) is 35.5 Å². The topological polar surface area (TPSA) is 119 Å². The lowest BCUT2D eigenvalue weighted by atomic mass is 10.1. The Balaban J connectivity index is 1.80. The molecule has 9 nitrogen and oxygen atoms in total. The molecular weight excluding hydrogens is 510 g/mol. The molecule has 2 aromatic carbocycles. The van der Waals surface area contributed by atoms with E-state index in [0.29, 0.717) is 29.7 Å². The van der Waals surface area contributed by atoms with Crippen molar-refractivity contribution in [3.63, 3.8) is 0 Å². The number of nitrogens with one attached hydrogen (secondary N) is 2. The molecule has 11 heteroatoms. The molecule has 33 heavy (non-hydrogen) atoms. The van der Waals surface area contributed by atoms with E-state index in [-0.39, 0.29) is 12.6 Å². The second kappa shape index (κ2) is 9.54. The van der Waals surface area contributed by atoms with Gasteiger partial charge in [-0.15, -0.1) is 0 Å². The van der Waals surface area contributed by atoms with Crippen molar-refractivity contribution in [1.29, 1.82) is 0 Å². The van der Waals surface area contributed by atoms with E-state index in [9.17, 15) is 18.3 Å². The first kappa shape index (κ1) is 23.3. The normalized spacial score (nSPS) is 16.8. The smallest absolute Gasteiger partial charge is 0.409 e. The van der Waals surface area contributed by atoms with Gasteiger partial charge in [-0.3, -0.25) is 5.32 Å². The van der Waals surface area contributed by atoms with Gasteiger partial charge in [-0.1, -0.05) is 30.3 Å². The number of halogens is 1. The van der Waals surface area contributed by atoms with Crippen LogP contribution in [0.25, 0.3) is 0 Å². The number of carbonyl (C=O) groups is 1. The Labute approximate surface area is 200 Å². The summed E-state index contributed by atoms with van der Waals surface area (Å²) in [6.07, 6.45) is 3.91. The van der Waals surface area contributed by atoms with Crippen molar-refractivity contribution >= 4 is 43.4 Å². The molecule has 0 bridgehead atoms. The predicted molar refractivity (Wildman–Crippen MR) is 130 cm³/mol. The first-order valence-electron chi connectivity index (χ1n) is 10.3. The number of hydrogen-bond donors (Lipinski definition) is 3. The van der Waals surface area contributed by atoms with Crippen LogP contribution in [-0.2, 0) is 29.5 Å². The van der Waals surface area contributed by atoms with E-state index in [2.05, 4.69) is 36.1 Å². The molecule has 0 spiro atoms. The molecular formula is C22H24BrN5O4S. The van der Waals surface area contributed by atoms with E-state index < -0.39 is 16.1 Å². The van der Waals surface area contributed by atoms with E-state index in [4.69, 9.17) is 0 Å². The van der Waals surface area contributed by atoms with Crippen molar-refractivity contribution in [3.8, 4) is 0 Å². The van der Waals surface area contributed by atoms with Gasteiger partial charge < -0.3 is 15.0 Å². The quantitative estimate of drug-likeness (QED) is 0.444. The number of anilines is 2. The summed E-state index contributed by atoms with van der Waals surface area (Å²) >= 11 is 3.42. The first-order valence-corrected chi connectivity index (χ1v) is 12.9. The molecule has 1 amide bonds. The Hall–Kier alpha value is -2.89. The minimum atomic E-state index is -3.53. The summed E-state index contributed by atoms with van der Waals surface area (Å²) in [4.78, 5) is 20.5. The monoisotopic (exact) mass is 533 g/mol. The molecule has 3 N–H and O–H groups in total. The van der Waals surface area contributed by atoms with Crippen molar-refractivity contribution in [2.45, 2.75) is 25.6 Å². The molecule has 1 aliphatic rings. The fraction of sp³-hybridized carbons (Fsp3) is 0.273. The number of aromatic amines is 1. The lowest BCUT2D eigenvalue weighted by Crippen LogP contribution is -2.45. The van der Waals surface area contributed by atoms with E-state index in [1.165, 1.54) is 10.6 Å². The average molecular weight is 534 g/mol. The summed E-state index contributed by atoms with van der Waals surface area (Å²) in [6.45, 7) is 1.06. The predicted octanol–water partition coefficient (Wildman–Crippen LogP) is 3.66. The van der Waals surface area contributed by atoms with Gasteiger partial charge in [0.1, 0.15) is 0 Å². The molecule has 1 aliphatic heterocycles. The number of rotatable bonds is 6. The van der Waals surface area contributed by atoms with E-state index >= 15 is 0 Å². The van der Waals surface area contributed by atoms with Crippen LogP contribution in [0.3, 0.4) is 0 Å². The van der Waals surface area contributed by atoms with E-state index in [1.54, 1.807) is 24.7 Å². The minimum Gasteiger partial charge on any atom is -0.465 e. The van der Waals surface area contributed by atoms with Gasteiger partial charge in [0.05, 0.1) is 30.5 Å². The molecule has 0 fully saturated rings. The Morgan fingerprint density at radius 1 is 1.30 bits per heavy atom. The lowest BCUT2D eigenvalue weighted by Gasteiger charge is -2.31. The number of carboxylic acid groups (broad SMARTS) is 1. The van der Waals surface area contributed by atoms with Gasteiger partial charge in [-0.2, -0.15) is 4.31 Å². The highest BCUT2D eigenvalue weighted by Crippen LogP contribution is 2.37. The van der Waals surface area contributed by atoms with Crippen LogP contribution in [0.5, 0.6) is 0 Å². The molecule has 4 rings (SSSR count). The highest BCUT2D eigenvalue weighted by atomic mass is 79.9. The molecule has 0 aliphatic carbocycles. The summed E-state index contributed by atoms with van der Waals surface area (Å²) < 4.78 is 27.8. The van der Waals surface area contributed by atoms with Crippen LogP contribution in [0.4, 0.5) is 16.2 Å². The maximum Gasteiger partial charge on any atom is 0.409 e. The lowest BCUT2D eigenvalue weighted by molar-refractivity contribution is 0.209. The standard InChI is InChI=1S/C22H24BrN5O4S/c1-33(31,32)28-11-16-8-19(23)20(26-22(29)30)9-21(16)27(12-17-10-24-14-25-17)13-18(28)7-15-5-3-2-4-6-15/h2-6,8-10,14,18,26H,7,11-13H2,1H3,(H,24,25)(H,29,30). The fourth-order valence-corrected chi connectivity index (χ4v) is 5.69. The van der Waals surface area contributed by atoms with Crippen molar-refractivity contribution in [1.82, 2.24) is 14.3 Å². The van der Waals surface area contributed by atoms with Crippen LogP contribution in [0, 0.1) is 0 Å². The zero-order chi connectivity index (χ0) is 23.6. The third kappa shape index (κ3) is 5.55. The Kier molecular flexibility index (Phi) is 6.73. The van der Waals surface area contributed by atoms with Crippen LogP contribution in [0.15, 0.2) is 59.5 Å². The summed E-state index contributed by atoms with van der Waals surface area (Å²) in [7, 11) is -3.53. The molecule has 1 aromatic heterocycles. The van der Waals surface area contributed by atoms with Gasteiger partial charge in [0.2, 0.25) is 10.0 Å². The molecule has 0 radical (unpaired) electrons. The maximum absolute atomic E-state index is 12.9. The van der Waals surface area contributed by atoms with Gasteiger partial charge in [-0.25, -0.2) is 18.2 Å². The zero-order valence-corrected chi connectivity index (χ0v) is 20.3. The van der Waals surface area contributed by atoms with Crippen molar-refractivity contribution in [3.05, 3.63) is 76.3 Å². The number of H-pyrrole nitrogens is 1. The number of aromatic nitrogens is 2. The maximum atomic E-state index is 12.9. The molecule has 0 saturated carbocycles. The van der Waals surface area contributed by atoms with E-state index in [1.807, 2.05) is 30.3 Å². The second-order valence-corrected chi connectivity index (χ2v) is 10.8. The molecule has 2 heterocycles. The SMILES string of the molecule is CS(=O)(=O)N1Cc2cc(Br)c(NC(=O)O)cc2N(Cc2cnc[nH]2)CC1Cc1ccccc1. The number of fused-ring (bicyclic) bond motifs is 1. The molecule has 1 atom stereocenters. The third-order valence-corrected chi connectivity index (χ3v) is 7.51.